The first-order valence-electron chi connectivity index (χ1n) is 4.73. The van der Waals surface area contributed by atoms with Gasteiger partial charge in [-0.05, 0) is 0 Å². The third kappa shape index (κ3) is 2.41. The molecule has 2 rings (SSSR count). The number of hydrogen-bond acceptors (Lipinski definition) is 6. The molecule has 2 aliphatic heterocycles. The zero-order valence-corrected chi connectivity index (χ0v) is 7.93. The van der Waals surface area contributed by atoms with Gasteiger partial charge in [0.2, 0.25) is 12.6 Å². The van der Waals surface area contributed by atoms with Gasteiger partial charge in [-0.15, -0.1) is 0 Å². The Labute approximate surface area is 82.4 Å². The molecular formula is C8H16N2O4. The van der Waals surface area contributed by atoms with Crippen LogP contribution >= 0.6 is 0 Å². The first-order chi connectivity index (χ1) is 6.75. The SMILES string of the molecule is NC1COC(C2OCC(N)CO2)OC1. The lowest BCUT2D eigenvalue weighted by Crippen LogP contribution is -2.51. The van der Waals surface area contributed by atoms with Crippen LogP contribution in [-0.2, 0) is 18.9 Å². The lowest BCUT2D eigenvalue weighted by molar-refractivity contribution is -0.319. The average Bonchev–Trinajstić information content (AvgIpc) is 2.21. The Hall–Kier alpha value is -0.240. The van der Waals surface area contributed by atoms with E-state index in [1.165, 1.54) is 0 Å². The monoisotopic (exact) mass is 204 g/mol. The molecule has 6 nitrogen and oxygen atoms in total. The van der Waals surface area contributed by atoms with Crippen molar-refractivity contribution in [3.63, 3.8) is 0 Å². The van der Waals surface area contributed by atoms with Gasteiger partial charge in [0.25, 0.3) is 0 Å². The van der Waals surface area contributed by atoms with Crippen LogP contribution in [0.4, 0.5) is 0 Å². The number of rotatable bonds is 1. The topological polar surface area (TPSA) is 89.0 Å². The van der Waals surface area contributed by atoms with E-state index in [1.807, 2.05) is 0 Å². The molecule has 2 fully saturated rings. The molecule has 14 heavy (non-hydrogen) atoms. The Morgan fingerprint density at radius 2 is 0.929 bits per heavy atom. The van der Waals surface area contributed by atoms with Gasteiger partial charge in [0.1, 0.15) is 0 Å². The van der Waals surface area contributed by atoms with Gasteiger partial charge in [-0.3, -0.25) is 0 Å². The standard InChI is InChI=1S/C8H16N2O4/c9-5-1-11-7(12-2-5)8-13-3-6(10)4-14-8/h5-8H,1-4,9-10H2. The normalized spacial score (nSPS) is 45.0. The predicted octanol–water partition coefficient (Wildman–Crippen LogP) is -1.61. The predicted molar refractivity (Wildman–Crippen MR) is 47.3 cm³/mol. The van der Waals surface area contributed by atoms with Gasteiger partial charge >= 0.3 is 0 Å². The van der Waals surface area contributed by atoms with E-state index in [0.717, 1.165) is 0 Å². The maximum Gasteiger partial charge on any atom is 0.209 e. The van der Waals surface area contributed by atoms with Crippen LogP contribution in [0.25, 0.3) is 0 Å². The minimum atomic E-state index is -0.470. The molecule has 0 atom stereocenters. The summed E-state index contributed by atoms with van der Waals surface area (Å²) in [6.07, 6.45) is -0.940. The first kappa shape index (κ1) is 10.3. The number of hydrogen-bond donors (Lipinski definition) is 2. The highest BCUT2D eigenvalue weighted by atomic mass is 16.8. The van der Waals surface area contributed by atoms with E-state index in [0.29, 0.717) is 26.4 Å². The maximum atomic E-state index is 5.60. The quantitative estimate of drug-likeness (QED) is 0.534. The Morgan fingerprint density at radius 1 is 0.643 bits per heavy atom. The van der Waals surface area contributed by atoms with Crippen LogP contribution in [0.2, 0.25) is 0 Å². The molecule has 0 aromatic rings. The molecule has 0 unspecified atom stereocenters. The molecule has 0 aromatic carbocycles. The van der Waals surface area contributed by atoms with Gasteiger partial charge in [0, 0.05) is 0 Å². The third-order valence-electron chi connectivity index (χ3n) is 2.12. The molecule has 4 N–H and O–H groups in total. The summed E-state index contributed by atoms with van der Waals surface area (Å²) in [5, 5.41) is 0. The molecule has 0 saturated carbocycles. The van der Waals surface area contributed by atoms with Crippen molar-refractivity contribution in [1.82, 2.24) is 0 Å². The van der Waals surface area contributed by atoms with E-state index in [9.17, 15) is 0 Å². The fourth-order valence-electron chi connectivity index (χ4n) is 1.38. The van der Waals surface area contributed by atoms with E-state index in [2.05, 4.69) is 0 Å². The van der Waals surface area contributed by atoms with E-state index >= 15 is 0 Å². The highest BCUT2D eigenvalue weighted by Crippen LogP contribution is 2.15. The van der Waals surface area contributed by atoms with Gasteiger partial charge in [-0.2, -0.15) is 0 Å². The average molecular weight is 204 g/mol. The molecule has 2 heterocycles. The molecule has 0 aromatic heterocycles. The highest BCUT2D eigenvalue weighted by Gasteiger charge is 2.32. The lowest BCUT2D eigenvalue weighted by Gasteiger charge is -2.35. The van der Waals surface area contributed by atoms with Gasteiger partial charge < -0.3 is 30.4 Å². The molecule has 0 amide bonds. The van der Waals surface area contributed by atoms with E-state index < -0.39 is 12.6 Å². The third-order valence-corrected chi connectivity index (χ3v) is 2.12. The Morgan fingerprint density at radius 3 is 1.21 bits per heavy atom. The second-order valence-electron chi connectivity index (χ2n) is 3.59. The summed E-state index contributed by atoms with van der Waals surface area (Å²) < 4.78 is 21.3. The molecule has 0 spiro atoms. The second kappa shape index (κ2) is 4.52. The van der Waals surface area contributed by atoms with E-state index in [-0.39, 0.29) is 12.1 Å². The summed E-state index contributed by atoms with van der Waals surface area (Å²) in [5.74, 6) is 0. The van der Waals surface area contributed by atoms with Crippen LogP contribution in [0.3, 0.4) is 0 Å². The first-order valence-corrected chi connectivity index (χ1v) is 4.73. The maximum absolute atomic E-state index is 5.60. The number of nitrogens with two attached hydrogens (primary N) is 2. The molecule has 6 heteroatoms. The summed E-state index contributed by atoms with van der Waals surface area (Å²) in [4.78, 5) is 0. The molecule has 2 saturated heterocycles. The van der Waals surface area contributed by atoms with E-state index in [4.69, 9.17) is 30.4 Å². The lowest BCUT2D eigenvalue weighted by atomic mass is 10.3. The van der Waals surface area contributed by atoms with Gasteiger partial charge in [-0.25, -0.2) is 0 Å². The zero-order valence-electron chi connectivity index (χ0n) is 7.93. The molecule has 82 valence electrons. The fourth-order valence-corrected chi connectivity index (χ4v) is 1.38. The van der Waals surface area contributed by atoms with Crippen LogP contribution in [-0.4, -0.2) is 51.1 Å². The zero-order chi connectivity index (χ0) is 9.97. The van der Waals surface area contributed by atoms with Crippen molar-refractivity contribution in [2.75, 3.05) is 26.4 Å². The summed E-state index contributed by atoms with van der Waals surface area (Å²) in [7, 11) is 0. The summed E-state index contributed by atoms with van der Waals surface area (Å²) in [5.41, 5.74) is 11.2. The minimum absolute atomic E-state index is 0.0582. The molecule has 0 aliphatic carbocycles. The molecule has 0 bridgehead atoms. The van der Waals surface area contributed by atoms with Crippen molar-refractivity contribution in [1.29, 1.82) is 0 Å². The van der Waals surface area contributed by atoms with Crippen molar-refractivity contribution in [2.24, 2.45) is 11.5 Å². The largest absolute Gasteiger partial charge is 0.346 e. The van der Waals surface area contributed by atoms with Crippen molar-refractivity contribution in [3.8, 4) is 0 Å². The van der Waals surface area contributed by atoms with Crippen molar-refractivity contribution < 1.29 is 18.9 Å². The van der Waals surface area contributed by atoms with Crippen LogP contribution in [0, 0.1) is 0 Å². The Bertz CT molecular complexity index is 156. The fraction of sp³-hybridized carbons (Fsp3) is 1.00. The second-order valence-corrected chi connectivity index (χ2v) is 3.59. The van der Waals surface area contributed by atoms with Gasteiger partial charge in [0.05, 0.1) is 38.5 Å². The van der Waals surface area contributed by atoms with Gasteiger partial charge in [0.15, 0.2) is 0 Å². The van der Waals surface area contributed by atoms with Crippen molar-refractivity contribution >= 4 is 0 Å². The van der Waals surface area contributed by atoms with Crippen molar-refractivity contribution in [2.45, 2.75) is 24.7 Å². The van der Waals surface area contributed by atoms with Crippen LogP contribution in [0.1, 0.15) is 0 Å². The minimum Gasteiger partial charge on any atom is -0.346 e. The summed E-state index contributed by atoms with van der Waals surface area (Å²) in [6.45, 7) is 1.89. The summed E-state index contributed by atoms with van der Waals surface area (Å²) >= 11 is 0. The summed E-state index contributed by atoms with van der Waals surface area (Å²) in [6, 6.07) is -0.116. The van der Waals surface area contributed by atoms with Crippen molar-refractivity contribution in [3.05, 3.63) is 0 Å². The highest BCUT2D eigenvalue weighted by molar-refractivity contribution is 4.70. The smallest absolute Gasteiger partial charge is 0.209 e. The van der Waals surface area contributed by atoms with Crippen LogP contribution in [0.15, 0.2) is 0 Å². The molecule has 0 radical (unpaired) electrons. The van der Waals surface area contributed by atoms with Gasteiger partial charge in [-0.1, -0.05) is 0 Å². The van der Waals surface area contributed by atoms with Crippen LogP contribution in [0.5, 0.6) is 0 Å². The van der Waals surface area contributed by atoms with Crippen LogP contribution < -0.4 is 11.5 Å². The Balaban J connectivity index is 1.78. The Kier molecular flexibility index (Phi) is 3.32. The van der Waals surface area contributed by atoms with E-state index in [1.54, 1.807) is 0 Å². The molecule has 2 aliphatic rings. The molecular weight excluding hydrogens is 188 g/mol. The number of ether oxygens (including phenoxy) is 4.